The van der Waals surface area contributed by atoms with Gasteiger partial charge in [0.15, 0.2) is 11.5 Å². The SMILES string of the molecule is COc1cc(C)c(C(C)NC(=O)CSc2ccccc2C)cc1OC. The maximum atomic E-state index is 12.3. The van der Waals surface area contributed by atoms with Gasteiger partial charge in [-0.1, -0.05) is 18.2 Å². The fourth-order valence-electron chi connectivity index (χ4n) is 2.69. The predicted octanol–water partition coefficient (Wildman–Crippen LogP) is 4.29. The van der Waals surface area contributed by atoms with Crippen molar-refractivity contribution in [3.05, 3.63) is 53.1 Å². The molecule has 4 nitrogen and oxygen atoms in total. The molecule has 1 unspecified atom stereocenters. The van der Waals surface area contributed by atoms with Crippen LogP contribution in [0, 0.1) is 13.8 Å². The fourth-order valence-corrected chi connectivity index (χ4v) is 3.53. The van der Waals surface area contributed by atoms with E-state index in [1.807, 2.05) is 44.2 Å². The van der Waals surface area contributed by atoms with E-state index in [1.54, 1.807) is 26.0 Å². The third kappa shape index (κ3) is 4.92. The molecule has 1 amide bonds. The summed E-state index contributed by atoms with van der Waals surface area (Å²) < 4.78 is 10.7. The second-order valence-electron chi connectivity index (χ2n) is 5.91. The Morgan fingerprint density at radius 2 is 1.72 bits per heavy atom. The Bertz CT molecular complexity index is 746. The first-order valence-corrected chi connectivity index (χ1v) is 9.15. The lowest BCUT2D eigenvalue weighted by Gasteiger charge is -2.19. The normalized spacial score (nSPS) is 11.7. The fraction of sp³-hybridized carbons (Fsp3) is 0.350. The van der Waals surface area contributed by atoms with Crippen LogP contribution in [0.4, 0.5) is 0 Å². The van der Waals surface area contributed by atoms with Crippen molar-refractivity contribution in [3.63, 3.8) is 0 Å². The van der Waals surface area contributed by atoms with E-state index in [4.69, 9.17) is 9.47 Å². The van der Waals surface area contributed by atoms with Crippen LogP contribution in [0.5, 0.6) is 11.5 Å². The maximum absolute atomic E-state index is 12.3. The quantitative estimate of drug-likeness (QED) is 0.749. The number of ether oxygens (including phenoxy) is 2. The molecule has 1 N–H and O–H groups in total. The number of thioether (sulfide) groups is 1. The Morgan fingerprint density at radius 1 is 1.08 bits per heavy atom. The van der Waals surface area contributed by atoms with Crippen LogP contribution in [-0.4, -0.2) is 25.9 Å². The van der Waals surface area contributed by atoms with Crippen molar-refractivity contribution in [1.29, 1.82) is 0 Å². The predicted molar refractivity (Wildman–Crippen MR) is 103 cm³/mol. The summed E-state index contributed by atoms with van der Waals surface area (Å²) in [6.45, 7) is 6.03. The molecule has 25 heavy (non-hydrogen) atoms. The average Bonchev–Trinajstić information content (AvgIpc) is 2.60. The number of amides is 1. The van der Waals surface area contributed by atoms with E-state index >= 15 is 0 Å². The molecule has 0 fully saturated rings. The van der Waals surface area contributed by atoms with E-state index in [0.29, 0.717) is 17.3 Å². The molecule has 134 valence electrons. The largest absolute Gasteiger partial charge is 0.493 e. The van der Waals surface area contributed by atoms with E-state index < -0.39 is 0 Å². The molecule has 0 saturated carbocycles. The number of hydrogen-bond acceptors (Lipinski definition) is 4. The van der Waals surface area contributed by atoms with E-state index in [1.165, 1.54) is 5.56 Å². The number of hydrogen-bond donors (Lipinski definition) is 1. The summed E-state index contributed by atoms with van der Waals surface area (Å²) in [5, 5.41) is 3.06. The van der Waals surface area contributed by atoms with Crippen LogP contribution in [0.15, 0.2) is 41.3 Å². The van der Waals surface area contributed by atoms with E-state index in [2.05, 4.69) is 18.3 Å². The van der Waals surface area contributed by atoms with Crippen molar-refractivity contribution in [2.24, 2.45) is 0 Å². The first kappa shape index (κ1) is 19.2. The lowest BCUT2D eigenvalue weighted by atomic mass is 10.0. The molecule has 0 aliphatic heterocycles. The Labute approximate surface area is 153 Å². The van der Waals surface area contributed by atoms with Gasteiger partial charge in [-0.2, -0.15) is 0 Å². The molecular weight excluding hydrogens is 334 g/mol. The van der Waals surface area contributed by atoms with Gasteiger partial charge in [-0.05, 0) is 55.7 Å². The Kier molecular flexibility index (Phi) is 6.76. The van der Waals surface area contributed by atoms with E-state index in [0.717, 1.165) is 16.0 Å². The Morgan fingerprint density at radius 3 is 2.36 bits per heavy atom. The molecule has 0 heterocycles. The minimum atomic E-state index is -0.107. The van der Waals surface area contributed by atoms with E-state index in [9.17, 15) is 4.79 Å². The minimum Gasteiger partial charge on any atom is -0.493 e. The van der Waals surface area contributed by atoms with Gasteiger partial charge in [0.05, 0.1) is 26.0 Å². The number of carbonyl (C=O) groups is 1. The van der Waals surface area contributed by atoms with Gasteiger partial charge in [-0.15, -0.1) is 11.8 Å². The highest BCUT2D eigenvalue weighted by Gasteiger charge is 2.16. The molecule has 0 aliphatic carbocycles. The zero-order chi connectivity index (χ0) is 18.4. The number of nitrogens with one attached hydrogen (secondary N) is 1. The molecule has 0 aromatic heterocycles. The van der Waals surface area contributed by atoms with Crippen molar-refractivity contribution in [1.82, 2.24) is 5.32 Å². The molecule has 0 saturated heterocycles. The van der Waals surface area contributed by atoms with Gasteiger partial charge < -0.3 is 14.8 Å². The van der Waals surface area contributed by atoms with Gasteiger partial charge in [0.25, 0.3) is 0 Å². The lowest BCUT2D eigenvalue weighted by Crippen LogP contribution is -2.28. The molecular formula is C20H25NO3S. The highest BCUT2D eigenvalue weighted by molar-refractivity contribution is 8.00. The minimum absolute atomic E-state index is 0.00920. The smallest absolute Gasteiger partial charge is 0.230 e. The molecule has 2 rings (SSSR count). The van der Waals surface area contributed by atoms with Crippen LogP contribution in [0.1, 0.15) is 29.7 Å². The Balaban J connectivity index is 2.02. The first-order valence-electron chi connectivity index (χ1n) is 8.16. The van der Waals surface area contributed by atoms with Crippen LogP contribution < -0.4 is 14.8 Å². The van der Waals surface area contributed by atoms with Crippen molar-refractivity contribution in [3.8, 4) is 11.5 Å². The Hall–Kier alpha value is -2.14. The third-order valence-corrected chi connectivity index (χ3v) is 5.24. The molecule has 2 aromatic carbocycles. The molecule has 0 radical (unpaired) electrons. The second kappa shape index (κ2) is 8.81. The molecule has 0 spiro atoms. The summed E-state index contributed by atoms with van der Waals surface area (Å²) in [6, 6.07) is 11.8. The molecule has 0 aliphatic rings. The van der Waals surface area contributed by atoms with Crippen molar-refractivity contribution >= 4 is 17.7 Å². The number of carbonyl (C=O) groups excluding carboxylic acids is 1. The number of aryl methyl sites for hydroxylation is 2. The van der Waals surface area contributed by atoms with Gasteiger partial charge in [0.1, 0.15) is 0 Å². The molecule has 1 atom stereocenters. The van der Waals surface area contributed by atoms with Crippen LogP contribution in [0.25, 0.3) is 0 Å². The van der Waals surface area contributed by atoms with Gasteiger partial charge in [0.2, 0.25) is 5.91 Å². The standard InChI is InChI=1S/C20H25NO3S/c1-13-8-6-7-9-19(13)25-12-20(22)21-15(3)16-11-18(24-5)17(23-4)10-14(16)2/h6-11,15H,12H2,1-5H3,(H,21,22). The van der Waals surface area contributed by atoms with Crippen LogP contribution in [-0.2, 0) is 4.79 Å². The highest BCUT2D eigenvalue weighted by atomic mass is 32.2. The summed E-state index contributed by atoms with van der Waals surface area (Å²) in [5.41, 5.74) is 3.26. The zero-order valence-electron chi connectivity index (χ0n) is 15.4. The third-order valence-electron chi connectivity index (χ3n) is 4.07. The summed E-state index contributed by atoms with van der Waals surface area (Å²) in [6.07, 6.45) is 0. The summed E-state index contributed by atoms with van der Waals surface area (Å²) >= 11 is 1.55. The highest BCUT2D eigenvalue weighted by Crippen LogP contribution is 2.33. The summed E-state index contributed by atoms with van der Waals surface area (Å²) in [4.78, 5) is 13.4. The number of benzene rings is 2. The molecule has 5 heteroatoms. The van der Waals surface area contributed by atoms with Crippen LogP contribution in [0.2, 0.25) is 0 Å². The van der Waals surface area contributed by atoms with Crippen LogP contribution in [0.3, 0.4) is 0 Å². The summed E-state index contributed by atoms with van der Waals surface area (Å²) in [7, 11) is 3.23. The molecule has 0 bridgehead atoms. The zero-order valence-corrected chi connectivity index (χ0v) is 16.2. The van der Waals surface area contributed by atoms with E-state index in [-0.39, 0.29) is 11.9 Å². The van der Waals surface area contributed by atoms with Gasteiger partial charge in [-0.25, -0.2) is 0 Å². The van der Waals surface area contributed by atoms with Gasteiger partial charge in [0, 0.05) is 4.90 Å². The van der Waals surface area contributed by atoms with Gasteiger partial charge >= 0.3 is 0 Å². The van der Waals surface area contributed by atoms with Crippen LogP contribution >= 0.6 is 11.8 Å². The number of rotatable bonds is 7. The van der Waals surface area contributed by atoms with Crippen molar-refractivity contribution < 1.29 is 14.3 Å². The maximum Gasteiger partial charge on any atom is 0.230 e. The second-order valence-corrected chi connectivity index (χ2v) is 6.92. The van der Waals surface area contributed by atoms with Gasteiger partial charge in [-0.3, -0.25) is 4.79 Å². The molecule has 2 aromatic rings. The monoisotopic (exact) mass is 359 g/mol. The van der Waals surface area contributed by atoms with Crippen molar-refractivity contribution in [2.45, 2.75) is 31.7 Å². The lowest BCUT2D eigenvalue weighted by molar-refractivity contribution is -0.119. The van der Waals surface area contributed by atoms with Crippen molar-refractivity contribution in [2.75, 3.05) is 20.0 Å². The first-order chi connectivity index (χ1) is 12.0. The summed E-state index contributed by atoms with van der Waals surface area (Å²) in [5.74, 6) is 1.76. The average molecular weight is 359 g/mol. The topological polar surface area (TPSA) is 47.6 Å². The number of methoxy groups -OCH3 is 2.